The molecule has 0 N–H and O–H groups in total. The van der Waals surface area contributed by atoms with Gasteiger partial charge in [0.05, 0.1) is 16.9 Å². The van der Waals surface area contributed by atoms with Gasteiger partial charge in [0.25, 0.3) is 0 Å². The average Bonchev–Trinajstić information content (AvgIpc) is 3.46. The highest BCUT2D eigenvalue weighted by Crippen LogP contribution is 2.28. The molecule has 31 heavy (non-hydrogen) atoms. The number of methoxy groups -OCH3 is 1. The predicted molar refractivity (Wildman–Crippen MR) is 126 cm³/mol. The lowest BCUT2D eigenvalue weighted by Crippen LogP contribution is -1.94. The number of hydrogen-bond acceptors (Lipinski definition) is 3. The first-order valence-electron chi connectivity index (χ1n) is 9.98. The van der Waals surface area contributed by atoms with Gasteiger partial charge in [-0.2, -0.15) is 0 Å². The number of rotatable bonds is 4. The Balaban J connectivity index is 1.42. The quantitative estimate of drug-likeness (QED) is 0.341. The van der Waals surface area contributed by atoms with Gasteiger partial charge in [-0.1, -0.05) is 48.2 Å². The summed E-state index contributed by atoms with van der Waals surface area (Å²) in [5, 5.41) is 0. The van der Waals surface area contributed by atoms with Crippen molar-refractivity contribution in [3.8, 4) is 28.2 Å². The number of hydrogen-bond donors (Lipinski definition) is 0. The van der Waals surface area contributed by atoms with Gasteiger partial charge >= 0.3 is 0 Å². The minimum absolute atomic E-state index is 0.802. The van der Waals surface area contributed by atoms with Crippen LogP contribution in [0.1, 0.15) is 21.6 Å². The number of benzene rings is 2. The molecule has 5 aromatic rings. The van der Waals surface area contributed by atoms with Crippen LogP contribution < -0.4 is 4.74 Å². The van der Waals surface area contributed by atoms with E-state index >= 15 is 0 Å². The molecular formula is C27H19N2OS. The Labute approximate surface area is 185 Å². The summed E-state index contributed by atoms with van der Waals surface area (Å²) >= 11 is 1.64. The average molecular weight is 420 g/mol. The fraction of sp³-hybridized carbons (Fsp3) is 0.0741. The van der Waals surface area contributed by atoms with E-state index in [0.29, 0.717) is 0 Å². The second-order valence-electron chi connectivity index (χ2n) is 7.10. The highest BCUT2D eigenvalue weighted by molar-refractivity contribution is 7.16. The van der Waals surface area contributed by atoms with Crippen LogP contribution in [0.5, 0.6) is 5.75 Å². The third kappa shape index (κ3) is 4.23. The lowest BCUT2D eigenvalue weighted by molar-refractivity contribution is 0.414. The number of ether oxygens (including phenoxy) is 1. The minimum atomic E-state index is 0.802. The van der Waals surface area contributed by atoms with E-state index in [1.54, 1.807) is 18.4 Å². The van der Waals surface area contributed by atoms with Gasteiger partial charge in [0.1, 0.15) is 23.3 Å². The maximum atomic E-state index is 5.26. The smallest absolute Gasteiger partial charge is 0.141 e. The van der Waals surface area contributed by atoms with E-state index in [1.807, 2.05) is 65.2 Å². The van der Waals surface area contributed by atoms with E-state index in [-0.39, 0.29) is 0 Å². The van der Waals surface area contributed by atoms with Crippen LogP contribution in [-0.2, 0) is 6.42 Å². The molecule has 4 heteroatoms. The van der Waals surface area contributed by atoms with Crippen molar-refractivity contribution in [1.29, 1.82) is 0 Å². The first kappa shape index (κ1) is 19.2. The molecule has 1 radical (unpaired) electrons. The van der Waals surface area contributed by atoms with Crippen LogP contribution in [0.2, 0.25) is 0 Å². The van der Waals surface area contributed by atoms with Crippen LogP contribution in [0.15, 0.2) is 85.1 Å². The molecule has 0 fully saturated rings. The van der Waals surface area contributed by atoms with Crippen molar-refractivity contribution in [1.82, 2.24) is 9.38 Å². The first-order valence-corrected chi connectivity index (χ1v) is 10.8. The monoisotopic (exact) mass is 419 g/mol. The number of thiophene rings is 1. The molecule has 3 aromatic heterocycles. The van der Waals surface area contributed by atoms with Crippen LogP contribution in [0, 0.1) is 18.0 Å². The first-order chi connectivity index (χ1) is 15.3. The molecule has 5 rings (SSSR count). The lowest BCUT2D eigenvalue weighted by atomic mass is 10.1. The maximum Gasteiger partial charge on any atom is 0.141 e. The number of nitrogens with zero attached hydrogens (tertiary/aromatic N) is 2. The molecule has 3 nitrogen and oxygen atoms in total. The number of aromatic nitrogens is 2. The molecule has 0 aliphatic carbocycles. The Hall–Kier alpha value is -3.81. The van der Waals surface area contributed by atoms with Crippen molar-refractivity contribution >= 4 is 17.0 Å². The van der Waals surface area contributed by atoms with Crippen molar-refractivity contribution in [2.75, 3.05) is 7.11 Å². The van der Waals surface area contributed by atoms with Crippen molar-refractivity contribution in [3.05, 3.63) is 113 Å². The Morgan fingerprint density at radius 1 is 0.935 bits per heavy atom. The van der Waals surface area contributed by atoms with E-state index in [4.69, 9.17) is 9.72 Å². The summed E-state index contributed by atoms with van der Waals surface area (Å²) in [7, 11) is 1.68. The maximum absolute atomic E-state index is 5.26. The number of pyridine rings is 1. The molecule has 0 aliphatic rings. The number of imidazole rings is 1. The third-order valence-corrected chi connectivity index (χ3v) is 6.00. The second kappa shape index (κ2) is 8.51. The molecule has 2 aromatic carbocycles. The summed E-state index contributed by atoms with van der Waals surface area (Å²) in [4.78, 5) is 6.97. The zero-order chi connectivity index (χ0) is 21.0. The van der Waals surface area contributed by atoms with Crippen LogP contribution in [0.4, 0.5) is 0 Å². The van der Waals surface area contributed by atoms with Gasteiger partial charge in [0.15, 0.2) is 0 Å². The van der Waals surface area contributed by atoms with E-state index in [9.17, 15) is 0 Å². The van der Waals surface area contributed by atoms with E-state index in [1.165, 1.54) is 5.56 Å². The van der Waals surface area contributed by atoms with Gasteiger partial charge in [-0.15, -0.1) is 11.3 Å². The summed E-state index contributed by atoms with van der Waals surface area (Å²) in [6, 6.07) is 26.5. The van der Waals surface area contributed by atoms with Crippen LogP contribution in [-0.4, -0.2) is 16.5 Å². The molecule has 0 spiro atoms. The summed E-state index contributed by atoms with van der Waals surface area (Å²) in [6.45, 7) is 0. The normalized spacial score (nSPS) is 10.6. The Morgan fingerprint density at radius 3 is 2.58 bits per heavy atom. The van der Waals surface area contributed by atoms with E-state index in [2.05, 4.69) is 42.3 Å². The molecule has 0 saturated heterocycles. The highest BCUT2D eigenvalue weighted by atomic mass is 32.1. The number of fused-ring (bicyclic) bond motifs is 1. The van der Waals surface area contributed by atoms with Crippen LogP contribution in [0.3, 0.4) is 0 Å². The third-order valence-electron chi connectivity index (χ3n) is 4.99. The van der Waals surface area contributed by atoms with Gasteiger partial charge in [-0.3, -0.25) is 4.40 Å². The minimum Gasteiger partial charge on any atom is -0.497 e. The second-order valence-corrected chi connectivity index (χ2v) is 8.19. The standard InChI is InChI=1S/C27H19N2OS/c1-30-23-12-9-21(10-13-23)18-22-8-5-17-29-19-25(28-27(22)29)26-16-15-24(31-26)14-11-20-6-3-2-4-7-20/h2-10,12-13,15-17H,18H2,1H3. The Morgan fingerprint density at radius 2 is 1.77 bits per heavy atom. The molecule has 0 atom stereocenters. The topological polar surface area (TPSA) is 26.5 Å². The molecule has 0 unspecified atom stereocenters. The van der Waals surface area contributed by atoms with Crippen molar-refractivity contribution in [3.63, 3.8) is 0 Å². The molecular weight excluding hydrogens is 400 g/mol. The molecule has 149 valence electrons. The van der Waals surface area contributed by atoms with Gasteiger partial charge < -0.3 is 4.74 Å². The summed E-state index contributed by atoms with van der Waals surface area (Å²) < 4.78 is 7.23. The van der Waals surface area contributed by atoms with Gasteiger partial charge in [-0.25, -0.2) is 4.98 Å². The van der Waals surface area contributed by atoms with Gasteiger partial charge in [0.2, 0.25) is 0 Å². The van der Waals surface area contributed by atoms with Crippen molar-refractivity contribution in [2.24, 2.45) is 0 Å². The highest BCUT2D eigenvalue weighted by Gasteiger charge is 2.11. The zero-order valence-electron chi connectivity index (χ0n) is 17.0. The molecule has 0 saturated carbocycles. The van der Waals surface area contributed by atoms with Gasteiger partial charge in [0, 0.05) is 18.2 Å². The van der Waals surface area contributed by atoms with Crippen LogP contribution >= 0.6 is 11.3 Å². The molecule has 0 amide bonds. The predicted octanol–water partition coefficient (Wildman–Crippen LogP) is 5.86. The van der Waals surface area contributed by atoms with Crippen molar-refractivity contribution in [2.45, 2.75) is 6.42 Å². The Kier molecular flexibility index (Phi) is 5.26. The Bertz CT molecular complexity index is 1390. The van der Waals surface area contributed by atoms with E-state index in [0.717, 1.165) is 44.4 Å². The fourth-order valence-corrected chi connectivity index (χ4v) is 4.20. The van der Waals surface area contributed by atoms with Crippen molar-refractivity contribution < 1.29 is 4.74 Å². The molecule has 3 heterocycles. The summed E-state index contributed by atoms with van der Waals surface area (Å²) in [5.41, 5.74) is 5.17. The molecule has 0 aliphatic heterocycles. The fourth-order valence-electron chi connectivity index (χ4n) is 3.41. The van der Waals surface area contributed by atoms with Crippen LogP contribution in [0.25, 0.3) is 16.2 Å². The lowest BCUT2D eigenvalue weighted by Gasteiger charge is -2.05. The molecule has 0 bridgehead atoms. The van der Waals surface area contributed by atoms with Gasteiger partial charge in [-0.05, 0) is 53.6 Å². The summed E-state index contributed by atoms with van der Waals surface area (Å²) in [5.74, 6) is 7.32. The largest absolute Gasteiger partial charge is 0.497 e. The van der Waals surface area contributed by atoms with E-state index < -0.39 is 0 Å². The zero-order valence-corrected chi connectivity index (χ0v) is 17.8. The SMILES string of the molecule is COc1ccc(Cc2cccn3[c]c(-c4ccc(C#Cc5ccccc5)s4)nc23)cc1. The summed E-state index contributed by atoms with van der Waals surface area (Å²) in [6.07, 6.45) is 6.19.